The number of hydrogen-bond acceptors (Lipinski definition) is 2. The summed E-state index contributed by atoms with van der Waals surface area (Å²) in [5.41, 5.74) is 5.50. The molecule has 0 amide bonds. The van der Waals surface area contributed by atoms with E-state index < -0.39 is 0 Å². The third-order valence-electron chi connectivity index (χ3n) is 2.40. The topological polar surface area (TPSA) is 38.0 Å². The quantitative estimate of drug-likeness (QED) is 0.634. The maximum Gasteiger partial charge on any atom is 0.0164 e. The standard InChI is InChI=1S/C9H22N2/c1-5-7(2)9(4)11-8(3)6-10/h7-9,11H,5-6,10H2,1-4H3. The lowest BCUT2D eigenvalue weighted by Gasteiger charge is -2.23. The fourth-order valence-electron chi connectivity index (χ4n) is 1.03. The summed E-state index contributed by atoms with van der Waals surface area (Å²) in [4.78, 5) is 0. The summed E-state index contributed by atoms with van der Waals surface area (Å²) in [6.45, 7) is 9.55. The van der Waals surface area contributed by atoms with Crippen molar-refractivity contribution < 1.29 is 0 Å². The minimum atomic E-state index is 0.444. The summed E-state index contributed by atoms with van der Waals surface area (Å²) in [6.07, 6.45) is 1.23. The molecule has 0 aliphatic heterocycles. The van der Waals surface area contributed by atoms with Crippen molar-refractivity contribution in [3.05, 3.63) is 0 Å². The highest BCUT2D eigenvalue weighted by Crippen LogP contribution is 2.06. The predicted octanol–water partition coefficient (Wildman–Crippen LogP) is 1.36. The third kappa shape index (κ3) is 4.38. The fraction of sp³-hybridized carbons (Fsp3) is 1.00. The molecule has 3 atom stereocenters. The molecule has 68 valence electrons. The van der Waals surface area contributed by atoms with Gasteiger partial charge in [0.2, 0.25) is 0 Å². The van der Waals surface area contributed by atoms with Gasteiger partial charge in [-0.2, -0.15) is 0 Å². The zero-order chi connectivity index (χ0) is 8.85. The van der Waals surface area contributed by atoms with Crippen LogP contribution in [0.5, 0.6) is 0 Å². The van der Waals surface area contributed by atoms with E-state index in [1.165, 1.54) is 6.42 Å². The van der Waals surface area contributed by atoms with Crippen molar-refractivity contribution in [1.82, 2.24) is 5.32 Å². The van der Waals surface area contributed by atoms with Crippen LogP contribution in [0.15, 0.2) is 0 Å². The molecule has 2 nitrogen and oxygen atoms in total. The van der Waals surface area contributed by atoms with Crippen molar-refractivity contribution in [2.24, 2.45) is 11.7 Å². The average molecular weight is 158 g/mol. The molecule has 0 aliphatic carbocycles. The Bertz CT molecular complexity index is 93.6. The first kappa shape index (κ1) is 10.9. The van der Waals surface area contributed by atoms with Crippen LogP contribution in [0.4, 0.5) is 0 Å². The lowest BCUT2D eigenvalue weighted by atomic mass is 10.0. The van der Waals surface area contributed by atoms with Crippen LogP contribution in [0.1, 0.15) is 34.1 Å². The molecule has 0 spiro atoms. The molecule has 0 radical (unpaired) electrons. The molecule has 0 bridgehead atoms. The van der Waals surface area contributed by atoms with E-state index in [0.717, 1.165) is 12.5 Å². The van der Waals surface area contributed by atoms with Gasteiger partial charge in [0.15, 0.2) is 0 Å². The smallest absolute Gasteiger partial charge is 0.0164 e. The molecule has 0 rings (SSSR count). The average Bonchev–Trinajstić information content (AvgIpc) is 2.02. The second kappa shape index (κ2) is 5.56. The maximum atomic E-state index is 5.50. The lowest BCUT2D eigenvalue weighted by Crippen LogP contribution is -2.42. The maximum absolute atomic E-state index is 5.50. The monoisotopic (exact) mass is 158 g/mol. The Morgan fingerprint density at radius 1 is 1.27 bits per heavy atom. The van der Waals surface area contributed by atoms with Crippen LogP contribution in [-0.4, -0.2) is 18.6 Å². The van der Waals surface area contributed by atoms with E-state index in [1.54, 1.807) is 0 Å². The Labute approximate surface area is 70.5 Å². The van der Waals surface area contributed by atoms with E-state index in [-0.39, 0.29) is 0 Å². The van der Waals surface area contributed by atoms with Gasteiger partial charge >= 0.3 is 0 Å². The summed E-state index contributed by atoms with van der Waals surface area (Å²) in [5, 5.41) is 3.46. The molecule has 2 heteroatoms. The van der Waals surface area contributed by atoms with Crippen molar-refractivity contribution in [1.29, 1.82) is 0 Å². The summed E-state index contributed by atoms with van der Waals surface area (Å²) in [6, 6.07) is 1.03. The highest BCUT2D eigenvalue weighted by Gasteiger charge is 2.11. The van der Waals surface area contributed by atoms with Crippen LogP contribution < -0.4 is 11.1 Å². The Balaban J connectivity index is 3.58. The number of hydrogen-bond donors (Lipinski definition) is 2. The zero-order valence-corrected chi connectivity index (χ0v) is 8.22. The molecule has 0 fully saturated rings. The van der Waals surface area contributed by atoms with Gasteiger partial charge in [-0.15, -0.1) is 0 Å². The van der Waals surface area contributed by atoms with Crippen molar-refractivity contribution in [2.45, 2.75) is 46.2 Å². The van der Waals surface area contributed by atoms with E-state index in [4.69, 9.17) is 5.73 Å². The van der Waals surface area contributed by atoms with Crippen LogP contribution in [0, 0.1) is 5.92 Å². The van der Waals surface area contributed by atoms with Gasteiger partial charge in [-0.05, 0) is 19.8 Å². The van der Waals surface area contributed by atoms with Crippen molar-refractivity contribution in [3.63, 3.8) is 0 Å². The number of nitrogens with two attached hydrogens (primary N) is 1. The highest BCUT2D eigenvalue weighted by atomic mass is 15.0. The van der Waals surface area contributed by atoms with Gasteiger partial charge in [0.05, 0.1) is 0 Å². The molecule has 0 aliphatic rings. The van der Waals surface area contributed by atoms with Crippen molar-refractivity contribution >= 4 is 0 Å². The summed E-state index contributed by atoms with van der Waals surface area (Å²) in [5.74, 6) is 0.740. The first-order chi connectivity index (χ1) is 5.11. The van der Waals surface area contributed by atoms with Crippen LogP contribution >= 0.6 is 0 Å². The molecule has 0 heterocycles. The molecule has 0 saturated heterocycles. The first-order valence-electron chi connectivity index (χ1n) is 4.57. The third-order valence-corrected chi connectivity index (χ3v) is 2.40. The van der Waals surface area contributed by atoms with Gasteiger partial charge in [-0.1, -0.05) is 20.3 Å². The molecule has 0 aromatic rings. The molecular weight excluding hydrogens is 136 g/mol. The van der Waals surface area contributed by atoms with Gasteiger partial charge in [0.25, 0.3) is 0 Å². The normalized spacial score (nSPS) is 19.4. The molecule has 0 aromatic carbocycles. The first-order valence-corrected chi connectivity index (χ1v) is 4.57. The van der Waals surface area contributed by atoms with Crippen LogP contribution in [0.2, 0.25) is 0 Å². The molecule has 3 N–H and O–H groups in total. The molecular formula is C9H22N2. The van der Waals surface area contributed by atoms with Crippen molar-refractivity contribution in [2.75, 3.05) is 6.54 Å². The van der Waals surface area contributed by atoms with Gasteiger partial charge in [-0.3, -0.25) is 0 Å². The lowest BCUT2D eigenvalue weighted by molar-refractivity contribution is 0.359. The van der Waals surface area contributed by atoms with Gasteiger partial charge in [-0.25, -0.2) is 0 Å². The van der Waals surface area contributed by atoms with E-state index in [9.17, 15) is 0 Å². The number of rotatable bonds is 5. The molecule has 11 heavy (non-hydrogen) atoms. The summed E-state index contributed by atoms with van der Waals surface area (Å²) >= 11 is 0. The minimum Gasteiger partial charge on any atom is -0.329 e. The molecule has 0 saturated carbocycles. The van der Waals surface area contributed by atoms with Crippen LogP contribution in [-0.2, 0) is 0 Å². The zero-order valence-electron chi connectivity index (χ0n) is 8.22. The van der Waals surface area contributed by atoms with Gasteiger partial charge < -0.3 is 11.1 Å². The van der Waals surface area contributed by atoms with Gasteiger partial charge in [0.1, 0.15) is 0 Å². The van der Waals surface area contributed by atoms with Crippen molar-refractivity contribution in [3.8, 4) is 0 Å². The number of nitrogens with one attached hydrogen (secondary N) is 1. The predicted molar refractivity (Wildman–Crippen MR) is 50.6 cm³/mol. The minimum absolute atomic E-state index is 0.444. The van der Waals surface area contributed by atoms with E-state index in [2.05, 4.69) is 33.0 Å². The summed E-state index contributed by atoms with van der Waals surface area (Å²) < 4.78 is 0. The van der Waals surface area contributed by atoms with Crippen LogP contribution in [0.25, 0.3) is 0 Å². The van der Waals surface area contributed by atoms with E-state index >= 15 is 0 Å². The SMILES string of the molecule is CCC(C)C(C)NC(C)CN. The van der Waals surface area contributed by atoms with E-state index in [1.807, 2.05) is 0 Å². The Morgan fingerprint density at radius 2 is 1.82 bits per heavy atom. The van der Waals surface area contributed by atoms with Gasteiger partial charge in [0, 0.05) is 18.6 Å². The Hall–Kier alpha value is -0.0800. The molecule has 0 aromatic heterocycles. The molecule has 3 unspecified atom stereocenters. The van der Waals surface area contributed by atoms with E-state index in [0.29, 0.717) is 12.1 Å². The largest absolute Gasteiger partial charge is 0.329 e. The second-order valence-electron chi connectivity index (χ2n) is 3.48. The summed E-state index contributed by atoms with van der Waals surface area (Å²) in [7, 11) is 0. The second-order valence-corrected chi connectivity index (χ2v) is 3.48. The Morgan fingerprint density at radius 3 is 2.18 bits per heavy atom. The Kier molecular flexibility index (Phi) is 5.51. The highest BCUT2D eigenvalue weighted by molar-refractivity contribution is 4.71. The fourth-order valence-corrected chi connectivity index (χ4v) is 1.03. The van der Waals surface area contributed by atoms with Crippen LogP contribution in [0.3, 0.4) is 0 Å².